The second-order valence-corrected chi connectivity index (χ2v) is 4.00. The van der Waals surface area contributed by atoms with Crippen LogP contribution in [-0.2, 0) is 0 Å². The average molecular weight is 191 g/mol. The summed E-state index contributed by atoms with van der Waals surface area (Å²) in [5, 5.41) is 0. The number of furan rings is 1. The molecule has 2 heteroatoms. The first-order valence-electron chi connectivity index (χ1n) is 5.26. The predicted octanol–water partition coefficient (Wildman–Crippen LogP) is 2.94. The molecule has 0 amide bonds. The van der Waals surface area contributed by atoms with Crippen molar-refractivity contribution in [2.24, 2.45) is 11.7 Å². The van der Waals surface area contributed by atoms with Gasteiger partial charge in [0.1, 0.15) is 11.5 Å². The summed E-state index contributed by atoms with van der Waals surface area (Å²) >= 11 is 0. The molecule has 1 aliphatic carbocycles. The van der Waals surface area contributed by atoms with E-state index in [1.165, 1.54) is 19.3 Å². The van der Waals surface area contributed by atoms with Crippen LogP contribution in [0.15, 0.2) is 28.7 Å². The lowest BCUT2D eigenvalue weighted by Crippen LogP contribution is -2.20. The molecule has 0 saturated heterocycles. The van der Waals surface area contributed by atoms with Crippen molar-refractivity contribution in [3.05, 3.63) is 35.8 Å². The van der Waals surface area contributed by atoms with E-state index in [9.17, 15) is 0 Å². The Morgan fingerprint density at radius 3 is 2.93 bits per heavy atom. The Morgan fingerprint density at radius 2 is 2.36 bits per heavy atom. The molecule has 0 saturated carbocycles. The Kier molecular flexibility index (Phi) is 2.73. The molecule has 2 atom stereocenters. The van der Waals surface area contributed by atoms with Crippen LogP contribution in [0.4, 0.5) is 0 Å². The standard InChI is InChI=1S/C12H17NO/c1-9-7-8-11(14-9)12(13)10-5-3-2-4-6-10/h3,5,7-8,10,12H,2,4,6,13H2,1H3/t10-,12?/m0/s1. The maximum absolute atomic E-state index is 6.14. The molecule has 14 heavy (non-hydrogen) atoms. The molecule has 1 unspecified atom stereocenters. The largest absolute Gasteiger partial charge is 0.465 e. The van der Waals surface area contributed by atoms with Crippen LogP contribution in [-0.4, -0.2) is 0 Å². The third kappa shape index (κ3) is 1.90. The van der Waals surface area contributed by atoms with Crippen molar-refractivity contribution in [1.82, 2.24) is 0 Å². The van der Waals surface area contributed by atoms with Gasteiger partial charge in [-0.3, -0.25) is 0 Å². The first-order valence-corrected chi connectivity index (χ1v) is 5.26. The van der Waals surface area contributed by atoms with Crippen LogP contribution in [0.25, 0.3) is 0 Å². The van der Waals surface area contributed by atoms with Gasteiger partial charge in [0.2, 0.25) is 0 Å². The van der Waals surface area contributed by atoms with Crippen LogP contribution in [0.1, 0.15) is 36.8 Å². The fraction of sp³-hybridized carbons (Fsp3) is 0.500. The van der Waals surface area contributed by atoms with Gasteiger partial charge in [-0.2, -0.15) is 0 Å². The molecule has 2 N–H and O–H groups in total. The zero-order valence-corrected chi connectivity index (χ0v) is 8.57. The van der Waals surface area contributed by atoms with Gasteiger partial charge in [-0.25, -0.2) is 0 Å². The highest BCUT2D eigenvalue weighted by atomic mass is 16.3. The van der Waals surface area contributed by atoms with Crippen molar-refractivity contribution in [1.29, 1.82) is 0 Å². The summed E-state index contributed by atoms with van der Waals surface area (Å²) in [7, 11) is 0. The van der Waals surface area contributed by atoms with E-state index in [-0.39, 0.29) is 6.04 Å². The van der Waals surface area contributed by atoms with Gasteiger partial charge in [0.15, 0.2) is 0 Å². The molecule has 1 aromatic heterocycles. The quantitative estimate of drug-likeness (QED) is 0.730. The van der Waals surface area contributed by atoms with Crippen molar-refractivity contribution in [3.63, 3.8) is 0 Å². The van der Waals surface area contributed by atoms with Gasteiger partial charge in [0, 0.05) is 0 Å². The highest BCUT2D eigenvalue weighted by molar-refractivity contribution is 5.13. The minimum atomic E-state index is 0.0280. The van der Waals surface area contributed by atoms with E-state index in [1.807, 2.05) is 19.1 Å². The molecule has 1 heterocycles. The Morgan fingerprint density at radius 1 is 1.50 bits per heavy atom. The summed E-state index contributed by atoms with van der Waals surface area (Å²) in [5.74, 6) is 2.31. The maximum Gasteiger partial charge on any atom is 0.121 e. The fourth-order valence-corrected chi connectivity index (χ4v) is 1.98. The smallest absolute Gasteiger partial charge is 0.121 e. The van der Waals surface area contributed by atoms with E-state index in [1.54, 1.807) is 0 Å². The van der Waals surface area contributed by atoms with Gasteiger partial charge in [0.05, 0.1) is 6.04 Å². The number of aryl methyl sites for hydroxylation is 1. The number of rotatable bonds is 2. The van der Waals surface area contributed by atoms with Gasteiger partial charge in [-0.1, -0.05) is 12.2 Å². The molecular weight excluding hydrogens is 174 g/mol. The zero-order valence-electron chi connectivity index (χ0n) is 8.57. The summed E-state index contributed by atoms with van der Waals surface area (Å²) in [6, 6.07) is 3.99. The van der Waals surface area contributed by atoms with Gasteiger partial charge in [0.25, 0.3) is 0 Å². The van der Waals surface area contributed by atoms with Crippen molar-refractivity contribution < 1.29 is 4.42 Å². The first-order chi connectivity index (χ1) is 6.77. The van der Waals surface area contributed by atoms with Crippen LogP contribution >= 0.6 is 0 Å². The molecule has 0 spiro atoms. The second kappa shape index (κ2) is 4.01. The third-order valence-electron chi connectivity index (χ3n) is 2.84. The Labute approximate surface area is 84.8 Å². The van der Waals surface area contributed by atoms with Gasteiger partial charge in [-0.15, -0.1) is 0 Å². The van der Waals surface area contributed by atoms with E-state index in [4.69, 9.17) is 10.2 Å². The molecule has 0 aliphatic heterocycles. The summed E-state index contributed by atoms with van der Waals surface area (Å²) in [5.41, 5.74) is 6.14. The molecular formula is C12H17NO. The lowest BCUT2D eigenvalue weighted by Gasteiger charge is -2.21. The number of hydrogen-bond donors (Lipinski definition) is 1. The number of nitrogens with two attached hydrogens (primary N) is 1. The summed E-state index contributed by atoms with van der Waals surface area (Å²) in [6.07, 6.45) is 8.07. The molecule has 2 rings (SSSR count). The Balaban J connectivity index is 2.10. The van der Waals surface area contributed by atoms with Crippen LogP contribution < -0.4 is 5.73 Å². The van der Waals surface area contributed by atoms with E-state index in [0.29, 0.717) is 5.92 Å². The minimum Gasteiger partial charge on any atom is -0.465 e. The van der Waals surface area contributed by atoms with Crippen molar-refractivity contribution in [2.75, 3.05) is 0 Å². The van der Waals surface area contributed by atoms with Crippen molar-refractivity contribution in [2.45, 2.75) is 32.2 Å². The topological polar surface area (TPSA) is 39.2 Å². The molecule has 0 fully saturated rings. The monoisotopic (exact) mass is 191 g/mol. The molecule has 0 bridgehead atoms. The molecule has 0 aromatic carbocycles. The zero-order chi connectivity index (χ0) is 9.97. The molecule has 1 aliphatic rings. The van der Waals surface area contributed by atoms with Crippen LogP contribution in [0.2, 0.25) is 0 Å². The number of allylic oxidation sites excluding steroid dienone is 1. The highest BCUT2D eigenvalue weighted by Crippen LogP contribution is 2.29. The van der Waals surface area contributed by atoms with E-state index < -0.39 is 0 Å². The van der Waals surface area contributed by atoms with Gasteiger partial charge < -0.3 is 10.2 Å². The molecule has 0 radical (unpaired) electrons. The van der Waals surface area contributed by atoms with E-state index in [0.717, 1.165) is 11.5 Å². The Hall–Kier alpha value is -1.02. The highest BCUT2D eigenvalue weighted by Gasteiger charge is 2.20. The third-order valence-corrected chi connectivity index (χ3v) is 2.84. The molecule has 76 valence electrons. The van der Waals surface area contributed by atoms with Crippen LogP contribution in [0.5, 0.6) is 0 Å². The van der Waals surface area contributed by atoms with Crippen molar-refractivity contribution in [3.8, 4) is 0 Å². The van der Waals surface area contributed by atoms with Crippen LogP contribution in [0.3, 0.4) is 0 Å². The fourth-order valence-electron chi connectivity index (χ4n) is 1.98. The van der Waals surface area contributed by atoms with E-state index in [2.05, 4.69) is 12.2 Å². The minimum absolute atomic E-state index is 0.0280. The predicted molar refractivity (Wildman–Crippen MR) is 56.9 cm³/mol. The van der Waals surface area contributed by atoms with Crippen molar-refractivity contribution >= 4 is 0 Å². The molecule has 2 nitrogen and oxygen atoms in total. The van der Waals surface area contributed by atoms with Gasteiger partial charge in [-0.05, 0) is 44.2 Å². The molecule has 1 aromatic rings. The summed E-state index contributed by atoms with van der Waals surface area (Å²) in [6.45, 7) is 1.95. The van der Waals surface area contributed by atoms with Crippen LogP contribution in [0, 0.1) is 12.8 Å². The van der Waals surface area contributed by atoms with E-state index >= 15 is 0 Å². The normalized spacial score (nSPS) is 23.7. The Bertz CT molecular complexity index is 327. The number of hydrogen-bond acceptors (Lipinski definition) is 2. The lowest BCUT2D eigenvalue weighted by atomic mass is 9.89. The maximum atomic E-state index is 6.14. The SMILES string of the molecule is Cc1ccc(C(N)[C@H]2C=CCCC2)o1. The lowest BCUT2D eigenvalue weighted by molar-refractivity contribution is 0.373. The summed E-state index contributed by atoms with van der Waals surface area (Å²) in [4.78, 5) is 0. The summed E-state index contributed by atoms with van der Waals surface area (Å²) < 4.78 is 5.54. The second-order valence-electron chi connectivity index (χ2n) is 4.00. The first kappa shape index (κ1) is 9.53. The average Bonchev–Trinajstić information content (AvgIpc) is 2.65. The van der Waals surface area contributed by atoms with Gasteiger partial charge >= 0.3 is 0 Å².